The van der Waals surface area contributed by atoms with Gasteiger partial charge in [-0.1, -0.05) is 11.6 Å². The molecule has 0 aromatic carbocycles. The molecule has 0 aliphatic rings. The average Bonchev–Trinajstić information content (AvgIpc) is 1.41. The Morgan fingerprint density at radius 1 is 1.80 bits per heavy atom. The fraction of sp³-hybridized carbons (Fsp3) is 0.333. The topological polar surface area (TPSA) is 12.0 Å². The second kappa shape index (κ2) is 3.83. The highest BCUT2D eigenvalue weighted by Gasteiger charge is 1.47. The second-order valence-corrected chi connectivity index (χ2v) is 0.833. The normalized spacial score (nSPS) is 9.20. The Kier molecular flexibility index (Phi) is 3.70. The summed E-state index contributed by atoms with van der Waals surface area (Å²) in [7, 11) is 1.79. The Labute approximate surface area is 36.6 Å². The zero-order valence-electron chi connectivity index (χ0n) is 3.03. The van der Waals surface area contributed by atoms with E-state index in [9.17, 15) is 0 Å². The molecule has 0 fully saturated rings. The fourth-order valence-corrected chi connectivity index (χ4v) is 0.189. The van der Waals surface area contributed by atoms with Crippen LogP contribution in [0, 0.1) is 0 Å². The molecule has 0 amide bonds. The van der Waals surface area contributed by atoms with Gasteiger partial charge in [-0.3, -0.25) is 0 Å². The van der Waals surface area contributed by atoms with Gasteiger partial charge in [-0.25, -0.2) is 0 Å². The Hall–Kier alpha value is -0.170. The molecule has 0 rings (SSSR count). The van der Waals surface area contributed by atoms with Crippen LogP contribution in [-0.4, -0.2) is 7.05 Å². The van der Waals surface area contributed by atoms with E-state index in [0.717, 1.165) is 0 Å². The summed E-state index contributed by atoms with van der Waals surface area (Å²) in [4.78, 5) is 0. The Bertz CT molecular complexity index is 33.9. The third kappa shape index (κ3) is 3.83. The summed E-state index contributed by atoms with van der Waals surface area (Å²) in [6.45, 7) is 0. The first-order chi connectivity index (χ1) is 2.41. The van der Waals surface area contributed by atoms with Crippen LogP contribution >= 0.6 is 11.6 Å². The molecule has 0 saturated carbocycles. The molecule has 1 nitrogen and oxygen atoms in total. The molecule has 0 aromatic heterocycles. The van der Waals surface area contributed by atoms with E-state index in [2.05, 4.69) is 5.32 Å². The van der Waals surface area contributed by atoms with Crippen LogP contribution in [0.15, 0.2) is 11.7 Å². The van der Waals surface area contributed by atoms with Crippen LogP contribution < -0.4 is 5.32 Å². The monoisotopic (exact) mass is 91.0 g/mol. The van der Waals surface area contributed by atoms with Crippen LogP contribution in [0.25, 0.3) is 0 Å². The molecule has 5 heavy (non-hydrogen) atoms. The van der Waals surface area contributed by atoms with Gasteiger partial charge in [-0.15, -0.1) is 0 Å². The summed E-state index contributed by atoms with van der Waals surface area (Å²) < 4.78 is 0. The van der Waals surface area contributed by atoms with Crippen molar-refractivity contribution in [2.75, 3.05) is 7.05 Å². The smallest absolute Gasteiger partial charge is 0.0199 e. The minimum Gasteiger partial charge on any atom is -0.393 e. The summed E-state index contributed by atoms with van der Waals surface area (Å²) in [5.41, 5.74) is 1.42. The summed E-state index contributed by atoms with van der Waals surface area (Å²) in [5.74, 6) is 0. The molecule has 0 saturated heterocycles. The summed E-state index contributed by atoms with van der Waals surface area (Å²) >= 11 is 5.06. The predicted octanol–water partition coefficient (Wildman–Crippen LogP) is 0.916. The third-order valence-corrected chi connectivity index (χ3v) is 0.356. The number of rotatable bonds is 1. The van der Waals surface area contributed by atoms with Crippen molar-refractivity contribution in [3.63, 3.8) is 0 Å². The Morgan fingerprint density at radius 2 is 2.40 bits per heavy atom. The van der Waals surface area contributed by atoms with Crippen molar-refractivity contribution in [1.82, 2.24) is 5.32 Å². The van der Waals surface area contributed by atoms with Gasteiger partial charge in [0, 0.05) is 18.8 Å². The molecule has 0 aromatic rings. The predicted molar refractivity (Wildman–Crippen MR) is 24.1 cm³/mol. The summed E-state index contributed by atoms with van der Waals surface area (Å²) in [5, 5.41) is 2.70. The van der Waals surface area contributed by atoms with Crippen LogP contribution in [0.4, 0.5) is 0 Å². The van der Waals surface area contributed by atoms with Crippen LogP contribution in [0.1, 0.15) is 0 Å². The van der Waals surface area contributed by atoms with Gasteiger partial charge in [0.1, 0.15) is 0 Å². The molecule has 0 atom stereocenters. The molecule has 0 aliphatic heterocycles. The van der Waals surface area contributed by atoms with Crippen LogP contribution in [0.3, 0.4) is 0 Å². The van der Waals surface area contributed by atoms with Gasteiger partial charge in [0.05, 0.1) is 0 Å². The number of hydrogen-bond acceptors (Lipinski definition) is 1. The van der Waals surface area contributed by atoms with Crippen molar-refractivity contribution in [1.29, 1.82) is 0 Å². The highest BCUT2D eigenvalue weighted by atomic mass is 35.5. The van der Waals surface area contributed by atoms with Gasteiger partial charge < -0.3 is 5.32 Å². The summed E-state index contributed by atoms with van der Waals surface area (Å²) in [6.07, 6.45) is 1.64. The van der Waals surface area contributed by atoms with Gasteiger partial charge in [0.15, 0.2) is 0 Å². The van der Waals surface area contributed by atoms with Crippen molar-refractivity contribution in [2.45, 2.75) is 0 Å². The first kappa shape index (κ1) is 4.83. The lowest BCUT2D eigenvalue weighted by atomic mass is 11.0. The Balaban J connectivity index is 2.62. The lowest BCUT2D eigenvalue weighted by molar-refractivity contribution is 1.11. The molecule has 1 N–H and O–H groups in total. The largest absolute Gasteiger partial charge is 0.393 e. The zero-order chi connectivity index (χ0) is 4.12. The SMILES string of the molecule is CN/C=C/Cl. The van der Waals surface area contributed by atoms with Crippen molar-refractivity contribution in [3.8, 4) is 0 Å². The summed E-state index contributed by atoms with van der Waals surface area (Å²) in [6, 6.07) is 0. The van der Waals surface area contributed by atoms with Crippen LogP contribution in [-0.2, 0) is 0 Å². The molecule has 0 bridgehead atoms. The highest BCUT2D eigenvalue weighted by molar-refractivity contribution is 6.25. The van der Waals surface area contributed by atoms with Crippen molar-refractivity contribution >= 4 is 11.6 Å². The van der Waals surface area contributed by atoms with E-state index >= 15 is 0 Å². The van der Waals surface area contributed by atoms with Gasteiger partial charge in [0.25, 0.3) is 0 Å². The van der Waals surface area contributed by atoms with E-state index in [-0.39, 0.29) is 0 Å². The fourth-order valence-electron chi connectivity index (χ4n) is 0.0630. The Morgan fingerprint density at radius 3 is 2.40 bits per heavy atom. The molecule has 0 radical (unpaired) electrons. The highest BCUT2D eigenvalue weighted by Crippen LogP contribution is 1.68. The van der Waals surface area contributed by atoms with E-state index in [1.54, 1.807) is 13.2 Å². The first-order valence-corrected chi connectivity index (χ1v) is 1.78. The van der Waals surface area contributed by atoms with Crippen LogP contribution in [0.2, 0.25) is 0 Å². The van der Waals surface area contributed by atoms with Gasteiger partial charge in [-0.2, -0.15) is 0 Å². The van der Waals surface area contributed by atoms with Crippen molar-refractivity contribution < 1.29 is 0 Å². The van der Waals surface area contributed by atoms with E-state index in [4.69, 9.17) is 11.6 Å². The average molecular weight is 91.5 g/mol. The number of nitrogens with one attached hydrogen (secondary N) is 1. The molecule has 0 heterocycles. The second-order valence-electron chi connectivity index (χ2n) is 0.581. The van der Waals surface area contributed by atoms with Gasteiger partial charge >= 0.3 is 0 Å². The number of halogens is 1. The first-order valence-electron chi connectivity index (χ1n) is 1.34. The standard InChI is InChI=1S/C3H6ClN/c1-5-3-2-4/h2-3,5H,1H3/b3-2+. The van der Waals surface area contributed by atoms with Gasteiger partial charge in [0.2, 0.25) is 0 Å². The molecule has 30 valence electrons. The number of hydrogen-bond donors (Lipinski definition) is 1. The van der Waals surface area contributed by atoms with Crippen molar-refractivity contribution in [2.24, 2.45) is 0 Å². The molecule has 2 heteroatoms. The maximum Gasteiger partial charge on any atom is 0.0199 e. The zero-order valence-corrected chi connectivity index (χ0v) is 3.79. The molecular weight excluding hydrogens is 85.5 g/mol. The molecule has 0 spiro atoms. The minimum absolute atomic E-state index is 1.42. The lowest BCUT2D eigenvalue weighted by Crippen LogP contribution is -1.88. The molecular formula is C3H6ClN. The van der Waals surface area contributed by atoms with E-state index < -0.39 is 0 Å². The maximum absolute atomic E-state index is 5.06. The maximum atomic E-state index is 5.06. The van der Waals surface area contributed by atoms with Crippen LogP contribution in [0.5, 0.6) is 0 Å². The van der Waals surface area contributed by atoms with E-state index in [0.29, 0.717) is 0 Å². The quantitative estimate of drug-likeness (QED) is 0.506. The van der Waals surface area contributed by atoms with E-state index in [1.165, 1.54) is 5.54 Å². The van der Waals surface area contributed by atoms with Crippen molar-refractivity contribution in [3.05, 3.63) is 11.7 Å². The van der Waals surface area contributed by atoms with Gasteiger partial charge in [-0.05, 0) is 0 Å². The molecule has 0 unspecified atom stereocenters. The third-order valence-electron chi connectivity index (χ3n) is 0.230. The lowest BCUT2D eigenvalue weighted by Gasteiger charge is -1.73. The van der Waals surface area contributed by atoms with E-state index in [1.807, 2.05) is 0 Å². The molecule has 0 aliphatic carbocycles. The minimum atomic E-state index is 1.42.